The predicted molar refractivity (Wildman–Crippen MR) is 106 cm³/mol. The molecule has 5 N–H and O–H groups in total. The number of carboxylic acid groups (broad SMARTS) is 1. The molecule has 0 radical (unpaired) electrons. The second-order valence-corrected chi connectivity index (χ2v) is 8.85. The molecule has 2 rings (SSSR count). The third-order valence-electron chi connectivity index (χ3n) is 5.58. The van der Waals surface area contributed by atoms with Crippen molar-refractivity contribution in [3.63, 3.8) is 0 Å². The van der Waals surface area contributed by atoms with E-state index in [0.29, 0.717) is 11.5 Å². The molecule has 0 spiro atoms. The number of carbonyl (C=O) groups excluding carboxylic acids is 1. The molecular formula is C21H33N3O3. The molecule has 150 valence electrons. The fraction of sp³-hybridized carbons (Fsp3) is 0.619. The average Bonchev–Trinajstić information content (AvgIpc) is 2.96. The Morgan fingerprint density at radius 1 is 1.30 bits per heavy atom. The monoisotopic (exact) mass is 375 g/mol. The third kappa shape index (κ3) is 6.04. The van der Waals surface area contributed by atoms with Crippen molar-refractivity contribution in [3.05, 3.63) is 35.4 Å². The van der Waals surface area contributed by atoms with E-state index in [1.807, 2.05) is 12.1 Å². The highest BCUT2D eigenvalue weighted by Gasteiger charge is 2.41. The van der Waals surface area contributed by atoms with E-state index in [1.165, 1.54) is 0 Å². The van der Waals surface area contributed by atoms with Crippen LogP contribution in [0.15, 0.2) is 24.3 Å². The fourth-order valence-corrected chi connectivity index (χ4v) is 3.77. The average molecular weight is 376 g/mol. The normalized spacial score (nSPS) is 23.8. The number of aliphatic carboxylic acids is 1. The van der Waals surface area contributed by atoms with Gasteiger partial charge in [0, 0.05) is 18.2 Å². The fourth-order valence-electron chi connectivity index (χ4n) is 3.77. The van der Waals surface area contributed by atoms with Crippen molar-refractivity contribution in [3.8, 4) is 0 Å². The molecule has 0 bridgehead atoms. The Kier molecular flexibility index (Phi) is 6.65. The number of carbonyl (C=O) groups is 2. The highest BCUT2D eigenvalue weighted by atomic mass is 16.4. The first-order valence-electron chi connectivity index (χ1n) is 9.67. The van der Waals surface area contributed by atoms with Crippen LogP contribution in [0.1, 0.15) is 75.3 Å². The molecule has 1 fully saturated rings. The lowest BCUT2D eigenvalue weighted by atomic mass is 9.79. The molecule has 0 aliphatic heterocycles. The molecule has 1 aromatic carbocycles. The van der Waals surface area contributed by atoms with Gasteiger partial charge in [-0.1, -0.05) is 32.9 Å². The number of rotatable bonds is 7. The largest absolute Gasteiger partial charge is 0.481 e. The van der Waals surface area contributed by atoms with Crippen molar-refractivity contribution in [2.24, 2.45) is 17.1 Å². The van der Waals surface area contributed by atoms with Crippen LogP contribution in [0.4, 0.5) is 0 Å². The van der Waals surface area contributed by atoms with Crippen LogP contribution in [-0.4, -0.2) is 29.2 Å². The Balaban J connectivity index is 1.93. The van der Waals surface area contributed by atoms with Crippen LogP contribution in [0.2, 0.25) is 0 Å². The topological polar surface area (TPSA) is 104 Å². The molecule has 1 amide bonds. The van der Waals surface area contributed by atoms with Gasteiger partial charge in [-0.25, -0.2) is 0 Å². The molecule has 1 aliphatic carbocycles. The van der Waals surface area contributed by atoms with Crippen LogP contribution in [-0.2, 0) is 4.79 Å². The first-order valence-corrected chi connectivity index (χ1v) is 9.67. The summed E-state index contributed by atoms with van der Waals surface area (Å²) in [6.45, 7) is 9.02. The van der Waals surface area contributed by atoms with Crippen LogP contribution in [0, 0.1) is 11.3 Å². The first kappa shape index (κ1) is 21.4. The van der Waals surface area contributed by atoms with Crippen LogP contribution < -0.4 is 16.4 Å². The lowest BCUT2D eigenvalue weighted by molar-refractivity contribution is -0.136. The van der Waals surface area contributed by atoms with E-state index in [4.69, 9.17) is 10.8 Å². The summed E-state index contributed by atoms with van der Waals surface area (Å²) in [6, 6.07) is 7.45. The summed E-state index contributed by atoms with van der Waals surface area (Å²) in [5.41, 5.74) is 8.12. The van der Waals surface area contributed by atoms with E-state index in [2.05, 4.69) is 38.3 Å². The van der Waals surface area contributed by atoms with Gasteiger partial charge in [-0.15, -0.1) is 0 Å². The van der Waals surface area contributed by atoms with Gasteiger partial charge in [0.25, 0.3) is 5.91 Å². The van der Waals surface area contributed by atoms with E-state index < -0.39 is 5.97 Å². The quantitative estimate of drug-likeness (QED) is 0.548. The predicted octanol–water partition coefficient (Wildman–Crippen LogP) is 3.04. The molecular weight excluding hydrogens is 342 g/mol. The van der Waals surface area contributed by atoms with E-state index in [-0.39, 0.29) is 36.0 Å². The molecule has 1 saturated carbocycles. The highest BCUT2D eigenvalue weighted by molar-refractivity contribution is 5.94. The summed E-state index contributed by atoms with van der Waals surface area (Å²) in [7, 11) is 0. The summed E-state index contributed by atoms with van der Waals surface area (Å²) in [5, 5.41) is 14.8. The minimum Gasteiger partial charge on any atom is -0.481 e. The molecule has 0 aromatic heterocycles. The van der Waals surface area contributed by atoms with Gasteiger partial charge in [-0.2, -0.15) is 0 Å². The standard InChI is InChI=1S/C21H33N3O3/c1-14(24-21(22)11-9-17(13-21)20(2,3)4)15-5-7-16(8-6-15)19(27)23-12-10-18(25)26/h5-8,14,17,24H,9-13,22H2,1-4H3,(H,23,27)(H,25,26)/t14-,17?,21?/m1/s1. The van der Waals surface area contributed by atoms with Gasteiger partial charge >= 0.3 is 5.97 Å². The second kappa shape index (κ2) is 8.40. The van der Waals surface area contributed by atoms with Crippen LogP contribution in [0.3, 0.4) is 0 Å². The molecule has 27 heavy (non-hydrogen) atoms. The summed E-state index contributed by atoms with van der Waals surface area (Å²) < 4.78 is 0. The minimum atomic E-state index is -0.929. The van der Waals surface area contributed by atoms with Gasteiger partial charge in [0.05, 0.1) is 12.1 Å². The SMILES string of the molecule is C[C@@H](NC1(N)CCC(C(C)(C)C)C1)c1ccc(C(=O)NCCC(=O)O)cc1. The highest BCUT2D eigenvalue weighted by Crippen LogP contribution is 2.42. The van der Waals surface area contributed by atoms with E-state index in [9.17, 15) is 9.59 Å². The van der Waals surface area contributed by atoms with Crippen LogP contribution in [0.5, 0.6) is 0 Å². The van der Waals surface area contributed by atoms with Crippen LogP contribution >= 0.6 is 0 Å². The zero-order valence-corrected chi connectivity index (χ0v) is 16.8. The Bertz CT molecular complexity index is 666. The maximum Gasteiger partial charge on any atom is 0.305 e. The molecule has 1 aliphatic rings. The van der Waals surface area contributed by atoms with Crippen molar-refractivity contribution in [1.82, 2.24) is 10.6 Å². The van der Waals surface area contributed by atoms with Gasteiger partial charge < -0.3 is 16.2 Å². The van der Waals surface area contributed by atoms with E-state index in [1.54, 1.807) is 12.1 Å². The van der Waals surface area contributed by atoms with Gasteiger partial charge in [-0.3, -0.25) is 14.9 Å². The third-order valence-corrected chi connectivity index (χ3v) is 5.58. The number of nitrogens with two attached hydrogens (primary N) is 1. The van der Waals surface area contributed by atoms with Gasteiger partial charge in [0.15, 0.2) is 0 Å². The molecule has 0 heterocycles. The maximum atomic E-state index is 12.0. The number of hydrogen-bond donors (Lipinski definition) is 4. The Morgan fingerprint density at radius 3 is 2.44 bits per heavy atom. The molecule has 1 aromatic rings. The lowest BCUT2D eigenvalue weighted by Gasteiger charge is -2.33. The van der Waals surface area contributed by atoms with Crippen LogP contribution in [0.25, 0.3) is 0 Å². The molecule has 0 saturated heterocycles. The zero-order valence-electron chi connectivity index (χ0n) is 16.8. The van der Waals surface area contributed by atoms with Gasteiger partial charge in [0.2, 0.25) is 0 Å². The molecule has 3 atom stereocenters. The van der Waals surface area contributed by atoms with Crippen molar-refractivity contribution in [1.29, 1.82) is 0 Å². The lowest BCUT2D eigenvalue weighted by Crippen LogP contribution is -2.52. The summed E-state index contributed by atoms with van der Waals surface area (Å²) in [5.74, 6) is -0.580. The summed E-state index contributed by atoms with van der Waals surface area (Å²) in [6.07, 6.45) is 2.97. The number of amides is 1. The second-order valence-electron chi connectivity index (χ2n) is 8.85. The Labute approximate surface area is 161 Å². The van der Waals surface area contributed by atoms with Gasteiger partial charge in [0.1, 0.15) is 0 Å². The summed E-state index contributed by atoms with van der Waals surface area (Å²) in [4.78, 5) is 22.5. The van der Waals surface area contributed by atoms with E-state index in [0.717, 1.165) is 24.8 Å². The van der Waals surface area contributed by atoms with Crippen molar-refractivity contribution >= 4 is 11.9 Å². The number of nitrogens with one attached hydrogen (secondary N) is 2. The minimum absolute atomic E-state index is 0.0813. The number of hydrogen-bond acceptors (Lipinski definition) is 4. The number of carboxylic acids is 1. The number of benzene rings is 1. The van der Waals surface area contributed by atoms with Crippen molar-refractivity contribution < 1.29 is 14.7 Å². The van der Waals surface area contributed by atoms with Crippen molar-refractivity contribution in [2.75, 3.05) is 6.54 Å². The molecule has 2 unspecified atom stereocenters. The van der Waals surface area contributed by atoms with Gasteiger partial charge in [-0.05, 0) is 55.2 Å². The smallest absolute Gasteiger partial charge is 0.305 e. The first-order chi connectivity index (χ1) is 12.5. The Morgan fingerprint density at radius 2 is 1.93 bits per heavy atom. The molecule has 6 heteroatoms. The van der Waals surface area contributed by atoms with Crippen molar-refractivity contribution in [2.45, 2.75) is 65.1 Å². The zero-order chi connectivity index (χ0) is 20.2. The maximum absolute atomic E-state index is 12.0. The summed E-state index contributed by atoms with van der Waals surface area (Å²) >= 11 is 0. The molecule has 6 nitrogen and oxygen atoms in total. The van der Waals surface area contributed by atoms with E-state index >= 15 is 0 Å². The Hall–Kier alpha value is -1.92.